The molecule has 1 aromatic heterocycles. The van der Waals surface area contributed by atoms with E-state index in [9.17, 15) is 9.59 Å². The van der Waals surface area contributed by atoms with Crippen molar-refractivity contribution < 1.29 is 14.0 Å². The minimum atomic E-state index is -0.270. The van der Waals surface area contributed by atoms with Crippen LogP contribution in [0, 0.1) is 6.92 Å². The first-order valence-corrected chi connectivity index (χ1v) is 10.1. The highest BCUT2D eigenvalue weighted by Crippen LogP contribution is 2.20. The summed E-state index contributed by atoms with van der Waals surface area (Å²) in [6, 6.07) is 19.2. The van der Waals surface area contributed by atoms with Gasteiger partial charge in [0, 0.05) is 37.6 Å². The summed E-state index contributed by atoms with van der Waals surface area (Å²) >= 11 is 0. The van der Waals surface area contributed by atoms with E-state index in [1.54, 1.807) is 12.1 Å². The van der Waals surface area contributed by atoms with Crippen LogP contribution in [0.1, 0.15) is 21.7 Å². The van der Waals surface area contributed by atoms with Gasteiger partial charge < -0.3 is 19.5 Å². The lowest BCUT2D eigenvalue weighted by molar-refractivity contribution is -0.130. The number of carbonyl (C=O) groups is 2. The van der Waals surface area contributed by atoms with Crippen LogP contribution in [0.5, 0.6) is 0 Å². The molecule has 2 heterocycles. The minimum Gasteiger partial charge on any atom is -0.459 e. The van der Waals surface area contributed by atoms with Crippen LogP contribution in [0.25, 0.3) is 0 Å². The molecular formula is C24H25N3O3. The Morgan fingerprint density at radius 1 is 0.967 bits per heavy atom. The molecule has 2 aromatic carbocycles. The number of piperazine rings is 1. The number of amides is 2. The van der Waals surface area contributed by atoms with Crippen LogP contribution in [0.15, 0.2) is 71.3 Å². The number of nitrogens with zero attached hydrogens (tertiary/aromatic N) is 2. The van der Waals surface area contributed by atoms with Gasteiger partial charge in [-0.05, 0) is 48.9 Å². The van der Waals surface area contributed by atoms with E-state index in [2.05, 4.69) is 16.3 Å². The molecule has 6 nitrogen and oxygen atoms in total. The summed E-state index contributed by atoms with van der Waals surface area (Å²) in [4.78, 5) is 28.9. The Balaban J connectivity index is 1.29. The number of carbonyl (C=O) groups excluding carboxylic acids is 2. The summed E-state index contributed by atoms with van der Waals surface area (Å²) < 4.78 is 5.11. The Bertz CT molecular complexity index is 1000. The Morgan fingerprint density at radius 3 is 2.40 bits per heavy atom. The summed E-state index contributed by atoms with van der Waals surface area (Å²) in [6.45, 7) is 5.04. The second-order valence-corrected chi connectivity index (χ2v) is 7.51. The Morgan fingerprint density at radius 2 is 1.73 bits per heavy atom. The molecule has 0 aliphatic carbocycles. The summed E-state index contributed by atoms with van der Waals surface area (Å²) in [5, 5.41) is 2.82. The fraction of sp³-hybridized carbons (Fsp3) is 0.250. The molecule has 0 unspecified atom stereocenters. The maximum absolute atomic E-state index is 12.6. The lowest BCUT2D eigenvalue weighted by Crippen LogP contribution is -2.49. The average Bonchev–Trinajstić information content (AvgIpc) is 3.30. The molecule has 0 radical (unpaired) electrons. The zero-order valence-electron chi connectivity index (χ0n) is 17.0. The maximum Gasteiger partial charge on any atom is 0.291 e. The second-order valence-electron chi connectivity index (χ2n) is 7.51. The van der Waals surface area contributed by atoms with E-state index in [-0.39, 0.29) is 17.6 Å². The number of anilines is 2. The molecule has 154 valence electrons. The quantitative estimate of drug-likeness (QED) is 0.705. The van der Waals surface area contributed by atoms with E-state index in [0.717, 1.165) is 24.3 Å². The largest absolute Gasteiger partial charge is 0.459 e. The first-order valence-electron chi connectivity index (χ1n) is 10.1. The van der Waals surface area contributed by atoms with Gasteiger partial charge >= 0.3 is 0 Å². The van der Waals surface area contributed by atoms with Gasteiger partial charge in [0.25, 0.3) is 5.91 Å². The van der Waals surface area contributed by atoms with Gasteiger partial charge in [-0.1, -0.05) is 29.8 Å². The summed E-state index contributed by atoms with van der Waals surface area (Å²) in [5.74, 6) is 0.190. The number of hydrogen-bond donors (Lipinski definition) is 1. The van der Waals surface area contributed by atoms with Crippen molar-refractivity contribution in [2.75, 3.05) is 36.4 Å². The van der Waals surface area contributed by atoms with Crippen molar-refractivity contribution in [3.05, 3.63) is 83.8 Å². The van der Waals surface area contributed by atoms with Gasteiger partial charge in [-0.15, -0.1) is 0 Å². The third-order valence-electron chi connectivity index (χ3n) is 5.31. The molecule has 0 bridgehead atoms. The van der Waals surface area contributed by atoms with Crippen molar-refractivity contribution in [2.45, 2.75) is 13.3 Å². The van der Waals surface area contributed by atoms with Gasteiger partial charge in [0.15, 0.2) is 5.76 Å². The van der Waals surface area contributed by atoms with E-state index in [4.69, 9.17) is 4.42 Å². The van der Waals surface area contributed by atoms with Gasteiger partial charge in [0.2, 0.25) is 5.91 Å². The molecule has 2 amide bonds. The van der Waals surface area contributed by atoms with Crippen molar-refractivity contribution in [2.24, 2.45) is 0 Å². The molecule has 0 atom stereocenters. The van der Waals surface area contributed by atoms with E-state index in [0.29, 0.717) is 25.2 Å². The number of aryl methyl sites for hydroxylation is 1. The van der Waals surface area contributed by atoms with E-state index in [1.807, 2.05) is 54.3 Å². The molecule has 1 aliphatic heterocycles. The molecule has 0 spiro atoms. The summed E-state index contributed by atoms with van der Waals surface area (Å²) in [7, 11) is 0. The molecule has 0 saturated carbocycles. The van der Waals surface area contributed by atoms with Crippen LogP contribution in [-0.4, -0.2) is 42.9 Å². The lowest BCUT2D eigenvalue weighted by Gasteiger charge is -2.36. The SMILES string of the molecule is Cc1cccc(CC(=O)N2CCN(c3ccc(NC(=O)c4ccco4)cc3)CC2)c1. The summed E-state index contributed by atoms with van der Waals surface area (Å²) in [6.07, 6.45) is 1.93. The number of rotatable bonds is 5. The van der Waals surface area contributed by atoms with Crippen LogP contribution in [0.2, 0.25) is 0 Å². The first-order chi connectivity index (χ1) is 14.6. The third-order valence-corrected chi connectivity index (χ3v) is 5.31. The van der Waals surface area contributed by atoms with Gasteiger partial charge in [0.05, 0.1) is 12.7 Å². The van der Waals surface area contributed by atoms with Crippen LogP contribution in [0.4, 0.5) is 11.4 Å². The van der Waals surface area contributed by atoms with Crippen LogP contribution in [0.3, 0.4) is 0 Å². The highest BCUT2D eigenvalue weighted by Gasteiger charge is 2.21. The number of benzene rings is 2. The van der Waals surface area contributed by atoms with E-state index in [1.165, 1.54) is 11.8 Å². The highest BCUT2D eigenvalue weighted by molar-refractivity contribution is 6.02. The normalized spacial score (nSPS) is 13.9. The van der Waals surface area contributed by atoms with Gasteiger partial charge in [0.1, 0.15) is 0 Å². The van der Waals surface area contributed by atoms with Crippen molar-refractivity contribution in [1.82, 2.24) is 4.90 Å². The summed E-state index contributed by atoms with van der Waals surface area (Å²) in [5.41, 5.74) is 4.03. The molecule has 1 aliphatic rings. The van der Waals surface area contributed by atoms with Crippen LogP contribution in [-0.2, 0) is 11.2 Å². The van der Waals surface area contributed by atoms with Gasteiger partial charge in [-0.3, -0.25) is 9.59 Å². The standard InChI is InChI=1S/C24H25N3O3/c1-18-4-2-5-19(16-18)17-23(28)27-13-11-26(12-14-27)21-9-7-20(8-10-21)25-24(29)22-6-3-15-30-22/h2-10,15-16H,11-14,17H2,1H3,(H,25,29). The van der Waals surface area contributed by atoms with Crippen molar-refractivity contribution in [1.29, 1.82) is 0 Å². The van der Waals surface area contributed by atoms with Crippen molar-refractivity contribution in [3.8, 4) is 0 Å². The molecule has 1 N–H and O–H groups in total. The number of furan rings is 1. The molecule has 1 saturated heterocycles. The number of hydrogen-bond acceptors (Lipinski definition) is 4. The van der Waals surface area contributed by atoms with Gasteiger partial charge in [-0.25, -0.2) is 0 Å². The van der Waals surface area contributed by atoms with Crippen LogP contribution < -0.4 is 10.2 Å². The fourth-order valence-corrected chi connectivity index (χ4v) is 3.68. The van der Waals surface area contributed by atoms with Crippen molar-refractivity contribution >= 4 is 23.2 Å². The zero-order valence-corrected chi connectivity index (χ0v) is 17.0. The van der Waals surface area contributed by atoms with Gasteiger partial charge in [-0.2, -0.15) is 0 Å². The number of nitrogens with one attached hydrogen (secondary N) is 1. The first kappa shape index (κ1) is 19.8. The molecule has 6 heteroatoms. The maximum atomic E-state index is 12.6. The molecule has 30 heavy (non-hydrogen) atoms. The monoisotopic (exact) mass is 403 g/mol. The smallest absolute Gasteiger partial charge is 0.291 e. The third kappa shape index (κ3) is 4.71. The lowest BCUT2D eigenvalue weighted by atomic mass is 10.1. The van der Waals surface area contributed by atoms with Crippen molar-refractivity contribution in [3.63, 3.8) is 0 Å². The minimum absolute atomic E-state index is 0.177. The Hall–Kier alpha value is -3.54. The molecular weight excluding hydrogens is 378 g/mol. The predicted octanol–water partition coefficient (Wildman–Crippen LogP) is 3.73. The second kappa shape index (κ2) is 8.86. The topological polar surface area (TPSA) is 65.8 Å². The van der Waals surface area contributed by atoms with Crippen LogP contribution >= 0.6 is 0 Å². The Kier molecular flexibility index (Phi) is 5.84. The fourth-order valence-electron chi connectivity index (χ4n) is 3.68. The highest BCUT2D eigenvalue weighted by atomic mass is 16.3. The average molecular weight is 403 g/mol. The Labute approximate surface area is 176 Å². The molecule has 4 rings (SSSR count). The zero-order chi connectivity index (χ0) is 20.9. The molecule has 3 aromatic rings. The van der Waals surface area contributed by atoms with E-state index < -0.39 is 0 Å². The van der Waals surface area contributed by atoms with E-state index >= 15 is 0 Å². The predicted molar refractivity (Wildman–Crippen MR) is 117 cm³/mol. The molecule has 1 fully saturated rings.